The lowest BCUT2D eigenvalue weighted by Crippen LogP contribution is -2.44. The van der Waals surface area contributed by atoms with E-state index in [-0.39, 0.29) is 11.8 Å². The van der Waals surface area contributed by atoms with Gasteiger partial charge in [0.1, 0.15) is 0 Å². The van der Waals surface area contributed by atoms with Crippen LogP contribution in [-0.2, 0) is 16.0 Å². The summed E-state index contributed by atoms with van der Waals surface area (Å²) in [5, 5.41) is 13.1. The van der Waals surface area contributed by atoms with Crippen LogP contribution in [0.1, 0.15) is 24.1 Å². The first kappa shape index (κ1) is 14.6. The van der Waals surface area contributed by atoms with Gasteiger partial charge in [0.05, 0.1) is 11.8 Å². The summed E-state index contributed by atoms with van der Waals surface area (Å²) >= 11 is 0. The third kappa shape index (κ3) is 2.58. The number of amides is 1. The molecule has 2 unspecified atom stereocenters. The number of carboxylic acids is 1. The van der Waals surface area contributed by atoms with E-state index in [0.717, 1.165) is 17.6 Å². The number of fused-ring (bicyclic) bond motifs is 1. The minimum atomic E-state index is -0.862. The van der Waals surface area contributed by atoms with Crippen LogP contribution in [0.3, 0.4) is 0 Å². The second kappa shape index (κ2) is 5.83. The average Bonchev–Trinajstić information content (AvgIpc) is 2.73. The number of aromatic amines is 1. The second-order valence-corrected chi connectivity index (χ2v) is 5.94. The van der Waals surface area contributed by atoms with Crippen molar-refractivity contribution >= 4 is 22.8 Å². The molecule has 0 spiro atoms. The van der Waals surface area contributed by atoms with Crippen molar-refractivity contribution in [1.29, 1.82) is 0 Å². The summed E-state index contributed by atoms with van der Waals surface area (Å²) in [6.07, 6.45) is 2.02. The molecule has 0 radical (unpaired) electrons. The molecule has 1 aliphatic rings. The molecule has 1 amide bonds. The van der Waals surface area contributed by atoms with Gasteiger partial charge in [-0.2, -0.15) is 0 Å². The maximum Gasteiger partial charge on any atom is 0.307 e. The van der Waals surface area contributed by atoms with Crippen molar-refractivity contribution in [1.82, 2.24) is 10.3 Å². The summed E-state index contributed by atoms with van der Waals surface area (Å²) in [5.74, 6) is -1.86. The Kier molecular flexibility index (Phi) is 3.88. The Morgan fingerprint density at radius 2 is 2.00 bits per heavy atom. The van der Waals surface area contributed by atoms with Crippen LogP contribution < -0.4 is 5.32 Å². The summed E-state index contributed by atoms with van der Waals surface area (Å²) in [7, 11) is 0. The molecule has 1 aromatic heterocycles. The number of aromatic nitrogens is 1. The van der Waals surface area contributed by atoms with Crippen LogP contribution in [0.2, 0.25) is 0 Å². The van der Waals surface area contributed by atoms with E-state index < -0.39 is 11.9 Å². The maximum absolute atomic E-state index is 12.0. The van der Waals surface area contributed by atoms with E-state index in [1.54, 1.807) is 0 Å². The van der Waals surface area contributed by atoms with Gasteiger partial charge in [0.25, 0.3) is 0 Å². The topological polar surface area (TPSA) is 82.2 Å². The predicted molar refractivity (Wildman–Crippen MR) is 83.6 cm³/mol. The van der Waals surface area contributed by atoms with Gasteiger partial charge >= 0.3 is 5.97 Å². The predicted octanol–water partition coefficient (Wildman–Crippen LogP) is 2.25. The number of carbonyl (C=O) groups excluding carboxylic acids is 1. The number of benzene rings is 1. The molecular weight excluding hydrogens is 280 g/mol. The Bertz CT molecular complexity index is 720. The SMILES string of the molecule is Cc1[nH]c2ccccc2c1CCNC(=O)C1CCC1C(=O)O. The van der Waals surface area contributed by atoms with E-state index in [1.807, 2.05) is 25.1 Å². The van der Waals surface area contributed by atoms with E-state index in [1.165, 1.54) is 10.9 Å². The third-order valence-corrected chi connectivity index (χ3v) is 4.63. The zero-order valence-electron chi connectivity index (χ0n) is 12.6. The number of hydrogen-bond acceptors (Lipinski definition) is 2. The van der Waals surface area contributed by atoms with Crippen LogP contribution in [0.15, 0.2) is 24.3 Å². The van der Waals surface area contributed by atoms with E-state index in [2.05, 4.69) is 16.4 Å². The van der Waals surface area contributed by atoms with Crippen LogP contribution >= 0.6 is 0 Å². The molecule has 2 atom stereocenters. The van der Waals surface area contributed by atoms with Gasteiger partial charge in [-0.05, 0) is 37.8 Å². The largest absolute Gasteiger partial charge is 0.481 e. The number of hydrogen-bond donors (Lipinski definition) is 3. The van der Waals surface area contributed by atoms with Gasteiger partial charge in [0.2, 0.25) is 5.91 Å². The van der Waals surface area contributed by atoms with Gasteiger partial charge < -0.3 is 15.4 Å². The molecule has 0 bridgehead atoms. The zero-order valence-corrected chi connectivity index (χ0v) is 12.6. The lowest BCUT2D eigenvalue weighted by molar-refractivity contribution is -0.152. The Morgan fingerprint density at radius 1 is 1.27 bits per heavy atom. The number of H-pyrrole nitrogens is 1. The number of carbonyl (C=O) groups is 2. The summed E-state index contributed by atoms with van der Waals surface area (Å²) < 4.78 is 0. The Balaban J connectivity index is 1.60. The lowest BCUT2D eigenvalue weighted by Gasteiger charge is -2.31. The average molecular weight is 300 g/mol. The van der Waals surface area contributed by atoms with Gasteiger partial charge in [-0.3, -0.25) is 9.59 Å². The Morgan fingerprint density at radius 3 is 2.68 bits per heavy atom. The number of rotatable bonds is 5. The van der Waals surface area contributed by atoms with Crippen molar-refractivity contribution in [3.63, 3.8) is 0 Å². The first-order valence-electron chi connectivity index (χ1n) is 7.64. The smallest absolute Gasteiger partial charge is 0.307 e. The number of nitrogens with one attached hydrogen (secondary N) is 2. The fourth-order valence-electron chi connectivity index (χ4n) is 3.21. The van der Waals surface area contributed by atoms with E-state index in [9.17, 15) is 9.59 Å². The lowest BCUT2D eigenvalue weighted by atomic mass is 9.73. The van der Waals surface area contributed by atoms with Gasteiger partial charge in [-0.15, -0.1) is 0 Å². The molecule has 3 rings (SSSR count). The molecule has 22 heavy (non-hydrogen) atoms. The highest BCUT2D eigenvalue weighted by Gasteiger charge is 2.41. The van der Waals surface area contributed by atoms with Gasteiger partial charge in [0, 0.05) is 23.1 Å². The highest BCUT2D eigenvalue weighted by Crippen LogP contribution is 2.34. The zero-order chi connectivity index (χ0) is 15.7. The van der Waals surface area contributed by atoms with Crippen molar-refractivity contribution in [3.8, 4) is 0 Å². The summed E-state index contributed by atoms with van der Waals surface area (Å²) in [4.78, 5) is 26.3. The molecule has 0 aliphatic heterocycles. The third-order valence-electron chi connectivity index (χ3n) is 4.63. The summed E-state index contributed by atoms with van der Waals surface area (Å²) in [6, 6.07) is 8.11. The Hall–Kier alpha value is -2.30. The van der Waals surface area contributed by atoms with E-state index in [4.69, 9.17) is 5.11 Å². The molecule has 1 saturated carbocycles. The first-order valence-corrected chi connectivity index (χ1v) is 7.64. The normalized spacial score (nSPS) is 20.6. The fourth-order valence-corrected chi connectivity index (χ4v) is 3.21. The Labute approximate surface area is 128 Å². The summed E-state index contributed by atoms with van der Waals surface area (Å²) in [5.41, 5.74) is 3.42. The van der Waals surface area contributed by atoms with Crippen LogP contribution in [0.4, 0.5) is 0 Å². The quantitative estimate of drug-likeness (QED) is 0.792. The number of carboxylic acid groups (broad SMARTS) is 1. The molecule has 5 nitrogen and oxygen atoms in total. The molecule has 3 N–H and O–H groups in total. The van der Waals surface area contributed by atoms with Crippen molar-refractivity contribution in [2.75, 3.05) is 6.54 Å². The maximum atomic E-state index is 12.0. The fraction of sp³-hybridized carbons (Fsp3) is 0.412. The van der Waals surface area contributed by atoms with Gasteiger partial charge in [-0.25, -0.2) is 0 Å². The second-order valence-electron chi connectivity index (χ2n) is 5.94. The molecule has 5 heteroatoms. The molecule has 1 heterocycles. The number of aryl methyl sites for hydroxylation is 1. The molecule has 1 fully saturated rings. The molecule has 0 saturated heterocycles. The van der Waals surface area contributed by atoms with E-state index >= 15 is 0 Å². The molecule has 1 aliphatic carbocycles. The van der Waals surface area contributed by atoms with Crippen molar-refractivity contribution in [2.24, 2.45) is 11.8 Å². The molecule has 116 valence electrons. The minimum Gasteiger partial charge on any atom is -0.481 e. The molecule has 2 aromatic rings. The first-order chi connectivity index (χ1) is 10.6. The van der Waals surface area contributed by atoms with Crippen molar-refractivity contribution in [2.45, 2.75) is 26.2 Å². The summed E-state index contributed by atoms with van der Waals surface area (Å²) in [6.45, 7) is 2.56. The number of para-hydroxylation sites is 1. The highest BCUT2D eigenvalue weighted by atomic mass is 16.4. The highest BCUT2D eigenvalue weighted by molar-refractivity contribution is 5.87. The van der Waals surface area contributed by atoms with E-state index in [0.29, 0.717) is 19.4 Å². The van der Waals surface area contributed by atoms with Gasteiger partial charge in [-0.1, -0.05) is 18.2 Å². The molecular formula is C17H20N2O3. The van der Waals surface area contributed by atoms with Crippen LogP contribution in [0, 0.1) is 18.8 Å². The van der Waals surface area contributed by atoms with Crippen LogP contribution in [0.5, 0.6) is 0 Å². The monoisotopic (exact) mass is 300 g/mol. The van der Waals surface area contributed by atoms with Crippen LogP contribution in [-0.4, -0.2) is 28.5 Å². The van der Waals surface area contributed by atoms with Crippen molar-refractivity contribution in [3.05, 3.63) is 35.5 Å². The van der Waals surface area contributed by atoms with Crippen LogP contribution in [0.25, 0.3) is 10.9 Å². The minimum absolute atomic E-state index is 0.129. The van der Waals surface area contributed by atoms with Crippen molar-refractivity contribution < 1.29 is 14.7 Å². The number of aliphatic carboxylic acids is 1. The molecule has 1 aromatic carbocycles. The standard InChI is InChI=1S/C17H20N2O3/c1-10-11(12-4-2-3-5-15(12)19-10)8-9-18-16(20)13-6-7-14(13)17(21)22/h2-5,13-14,19H,6-9H2,1H3,(H,18,20)(H,21,22). The van der Waals surface area contributed by atoms with Gasteiger partial charge in [0.15, 0.2) is 0 Å².